The van der Waals surface area contributed by atoms with Crippen molar-refractivity contribution in [3.05, 3.63) is 22.9 Å². The van der Waals surface area contributed by atoms with Gasteiger partial charge in [-0.2, -0.15) is 0 Å². The number of aryl methyl sites for hydroxylation is 1. The highest BCUT2D eigenvalue weighted by molar-refractivity contribution is 9.10. The number of fused-ring (bicyclic) bond motifs is 1. The number of aliphatic hydroxyl groups excluding tert-OH is 1. The topological polar surface area (TPSA) is 59.3 Å². The lowest BCUT2D eigenvalue weighted by molar-refractivity contribution is 0.131. The Labute approximate surface area is 145 Å². The van der Waals surface area contributed by atoms with E-state index in [1.54, 1.807) is 0 Å². The molecule has 2 aromatic rings. The summed E-state index contributed by atoms with van der Waals surface area (Å²) >= 11 is 3.58. The van der Waals surface area contributed by atoms with Gasteiger partial charge >= 0.3 is 0 Å². The second kappa shape index (κ2) is 7.20. The highest BCUT2D eigenvalue weighted by Gasteiger charge is 2.22. The molecular weight excluding hydrogens is 358 g/mol. The van der Waals surface area contributed by atoms with Crippen molar-refractivity contribution in [3.63, 3.8) is 0 Å². The molecule has 0 aliphatic heterocycles. The fraction of sp³-hybridized carbons (Fsp3) is 0.588. The minimum absolute atomic E-state index is 0.261. The third kappa shape index (κ3) is 4.05. The summed E-state index contributed by atoms with van der Waals surface area (Å²) in [6.45, 7) is 2.48. The van der Waals surface area contributed by atoms with Crippen LogP contribution in [0.4, 0.5) is 0 Å². The highest BCUT2D eigenvalue weighted by Crippen LogP contribution is 2.31. The third-order valence-electron chi connectivity index (χ3n) is 4.44. The minimum atomic E-state index is -0.285. The number of rotatable bonds is 5. The molecule has 1 atom stereocenters. The van der Waals surface area contributed by atoms with Crippen molar-refractivity contribution in [2.45, 2.75) is 50.9 Å². The van der Waals surface area contributed by atoms with Gasteiger partial charge in [-0.25, -0.2) is 4.98 Å². The molecule has 1 fully saturated rings. The van der Waals surface area contributed by atoms with Crippen LogP contribution in [0, 0.1) is 0 Å². The van der Waals surface area contributed by atoms with Crippen molar-refractivity contribution in [1.82, 2.24) is 14.9 Å². The number of nitrogens with one attached hydrogen (secondary N) is 1. The number of hydrogen-bond donors (Lipinski definition) is 2. The quantitative estimate of drug-likeness (QED) is 0.835. The van der Waals surface area contributed by atoms with Gasteiger partial charge in [0.25, 0.3) is 0 Å². The third-order valence-corrected chi connectivity index (χ3v) is 5.04. The molecule has 3 rings (SSSR count). The number of benzene rings is 1. The van der Waals surface area contributed by atoms with Gasteiger partial charge in [-0.3, -0.25) is 0 Å². The van der Waals surface area contributed by atoms with Crippen LogP contribution in [0.15, 0.2) is 22.9 Å². The van der Waals surface area contributed by atoms with Crippen molar-refractivity contribution in [2.75, 3.05) is 6.54 Å². The van der Waals surface area contributed by atoms with Crippen LogP contribution >= 0.6 is 15.9 Å². The summed E-state index contributed by atoms with van der Waals surface area (Å²) in [6.07, 6.45) is 6.05. The van der Waals surface area contributed by atoms with Crippen molar-refractivity contribution in [3.8, 4) is 5.75 Å². The second-order valence-corrected chi connectivity index (χ2v) is 7.33. The Kier molecular flexibility index (Phi) is 5.24. The van der Waals surface area contributed by atoms with Crippen molar-refractivity contribution in [1.29, 1.82) is 0 Å². The Hall–Kier alpha value is -1.11. The number of ether oxygens (including phenoxy) is 1. The molecule has 126 valence electrons. The second-order valence-electron chi connectivity index (χ2n) is 6.48. The van der Waals surface area contributed by atoms with Gasteiger partial charge in [-0.05, 0) is 54.6 Å². The van der Waals surface area contributed by atoms with Crippen LogP contribution in [-0.2, 0) is 7.05 Å². The Morgan fingerprint density at radius 3 is 2.83 bits per heavy atom. The summed E-state index contributed by atoms with van der Waals surface area (Å²) in [7, 11) is 1.99. The number of aliphatic hydroxyl groups is 1. The smallest absolute Gasteiger partial charge is 0.123 e. The molecule has 0 unspecified atom stereocenters. The van der Waals surface area contributed by atoms with Crippen molar-refractivity contribution < 1.29 is 9.84 Å². The van der Waals surface area contributed by atoms with Crippen molar-refractivity contribution in [2.24, 2.45) is 7.05 Å². The van der Waals surface area contributed by atoms with E-state index < -0.39 is 0 Å². The maximum Gasteiger partial charge on any atom is 0.123 e. The van der Waals surface area contributed by atoms with Crippen LogP contribution in [0.25, 0.3) is 11.0 Å². The van der Waals surface area contributed by atoms with Gasteiger partial charge < -0.3 is 19.7 Å². The molecule has 1 heterocycles. The van der Waals surface area contributed by atoms with Crippen LogP contribution in [0.3, 0.4) is 0 Å². The molecule has 1 aliphatic carbocycles. The number of halogens is 1. The fourth-order valence-electron chi connectivity index (χ4n) is 3.15. The first-order chi connectivity index (χ1) is 11.0. The van der Waals surface area contributed by atoms with Gasteiger partial charge in [0.05, 0.1) is 24.1 Å². The first-order valence-electron chi connectivity index (χ1n) is 8.21. The molecule has 1 aromatic heterocycles. The van der Waals surface area contributed by atoms with E-state index in [1.807, 2.05) is 30.9 Å². The Morgan fingerprint density at radius 2 is 2.13 bits per heavy atom. The standard InChI is InChI=1S/C17H24BrN3O2/c1-11(22)9-19-12-3-5-13(6-4-12)23-14-7-15(18)17-16(8-14)21(2)10-20-17/h7-8,10-13,19,22H,3-6,9H2,1-2H3/t11-,12-,13+/m0/s1. The summed E-state index contributed by atoms with van der Waals surface area (Å²) < 4.78 is 9.17. The van der Waals surface area contributed by atoms with Crippen LogP contribution in [0.5, 0.6) is 5.75 Å². The van der Waals surface area contributed by atoms with Crippen LogP contribution < -0.4 is 10.1 Å². The molecule has 2 N–H and O–H groups in total. The lowest BCUT2D eigenvalue weighted by atomic mass is 9.93. The van der Waals surface area contributed by atoms with Gasteiger partial charge in [-0.1, -0.05) is 0 Å². The zero-order valence-corrected chi connectivity index (χ0v) is 15.2. The van der Waals surface area contributed by atoms with E-state index in [-0.39, 0.29) is 12.2 Å². The largest absolute Gasteiger partial charge is 0.490 e. The zero-order valence-electron chi connectivity index (χ0n) is 13.6. The molecule has 6 heteroatoms. The molecule has 0 amide bonds. The fourth-order valence-corrected chi connectivity index (χ4v) is 3.68. The van der Waals surface area contributed by atoms with Gasteiger partial charge in [0, 0.05) is 30.2 Å². The summed E-state index contributed by atoms with van der Waals surface area (Å²) in [6, 6.07) is 4.56. The molecule has 0 radical (unpaired) electrons. The maximum absolute atomic E-state index is 9.35. The van der Waals surface area contributed by atoms with Crippen molar-refractivity contribution >= 4 is 27.0 Å². The SMILES string of the molecule is C[C@H](O)CN[C@H]1CC[C@@H](Oc2cc(Br)c3ncn(C)c3c2)CC1. The van der Waals surface area contributed by atoms with Gasteiger partial charge in [0.1, 0.15) is 11.3 Å². The van der Waals surface area contributed by atoms with Crippen LogP contribution in [-0.4, -0.2) is 39.5 Å². The Morgan fingerprint density at radius 1 is 1.39 bits per heavy atom. The molecule has 0 bridgehead atoms. The molecule has 0 spiro atoms. The summed E-state index contributed by atoms with van der Waals surface area (Å²) in [5, 5.41) is 12.8. The normalized spacial score (nSPS) is 23.1. The minimum Gasteiger partial charge on any atom is -0.490 e. The van der Waals surface area contributed by atoms with E-state index in [0.29, 0.717) is 12.6 Å². The number of imidazole rings is 1. The molecule has 23 heavy (non-hydrogen) atoms. The highest BCUT2D eigenvalue weighted by atomic mass is 79.9. The van der Waals surface area contributed by atoms with E-state index in [9.17, 15) is 5.11 Å². The van der Waals surface area contributed by atoms with Crippen LogP contribution in [0.2, 0.25) is 0 Å². The molecule has 0 saturated heterocycles. The van der Waals surface area contributed by atoms with E-state index in [2.05, 4.69) is 32.3 Å². The van der Waals surface area contributed by atoms with E-state index in [4.69, 9.17) is 4.74 Å². The summed E-state index contributed by atoms with van der Waals surface area (Å²) in [4.78, 5) is 4.38. The summed E-state index contributed by atoms with van der Waals surface area (Å²) in [5.41, 5.74) is 2.03. The zero-order chi connectivity index (χ0) is 16.4. The Bertz CT molecular complexity index is 663. The lowest BCUT2D eigenvalue weighted by Crippen LogP contribution is -2.39. The first-order valence-corrected chi connectivity index (χ1v) is 9.01. The molecule has 5 nitrogen and oxygen atoms in total. The lowest BCUT2D eigenvalue weighted by Gasteiger charge is -2.30. The molecule has 1 aromatic carbocycles. The van der Waals surface area contributed by atoms with Gasteiger partial charge in [0.2, 0.25) is 0 Å². The Balaban J connectivity index is 1.59. The predicted molar refractivity (Wildman–Crippen MR) is 94.8 cm³/mol. The number of nitrogens with zero attached hydrogens (tertiary/aromatic N) is 2. The molecule has 1 aliphatic rings. The number of hydrogen-bond acceptors (Lipinski definition) is 4. The first kappa shape index (κ1) is 16.7. The predicted octanol–water partition coefficient (Wildman–Crippen LogP) is 3.00. The van der Waals surface area contributed by atoms with E-state index in [0.717, 1.165) is 46.9 Å². The average molecular weight is 382 g/mol. The molecule has 1 saturated carbocycles. The maximum atomic E-state index is 9.35. The van der Waals surface area contributed by atoms with Crippen LogP contribution in [0.1, 0.15) is 32.6 Å². The van der Waals surface area contributed by atoms with Gasteiger partial charge in [-0.15, -0.1) is 0 Å². The molecular formula is C17H24BrN3O2. The van der Waals surface area contributed by atoms with Gasteiger partial charge in [0.15, 0.2) is 0 Å². The number of aromatic nitrogens is 2. The van der Waals surface area contributed by atoms with E-state index >= 15 is 0 Å². The summed E-state index contributed by atoms with van der Waals surface area (Å²) in [5.74, 6) is 0.897. The van der Waals surface area contributed by atoms with E-state index in [1.165, 1.54) is 0 Å². The monoisotopic (exact) mass is 381 g/mol. The average Bonchev–Trinajstić information content (AvgIpc) is 2.89.